The van der Waals surface area contributed by atoms with Gasteiger partial charge in [0.05, 0.1) is 27.7 Å². The number of esters is 2. The van der Waals surface area contributed by atoms with E-state index in [-0.39, 0.29) is 32.0 Å². The van der Waals surface area contributed by atoms with Crippen LogP contribution in [0.4, 0.5) is 0 Å². The fourth-order valence-corrected chi connectivity index (χ4v) is 11.8. The molecule has 91 heavy (non-hydrogen) atoms. The largest absolute Gasteiger partial charge is 0.756 e. The van der Waals surface area contributed by atoms with E-state index in [4.69, 9.17) is 18.5 Å². The fourth-order valence-electron chi connectivity index (χ4n) is 11.0. The second-order valence-electron chi connectivity index (χ2n) is 27.0. The predicted octanol–water partition coefficient (Wildman–Crippen LogP) is 24.8. The van der Waals surface area contributed by atoms with Gasteiger partial charge in [-0.05, 0) is 77.0 Å². The molecule has 0 aliphatic heterocycles. The van der Waals surface area contributed by atoms with E-state index in [1.165, 1.54) is 231 Å². The standard InChI is InChI=1S/C81H146NO8P/c1-6-8-10-12-14-16-18-20-22-24-26-28-30-32-34-35-36-37-38-39-40-41-42-43-44-45-46-47-48-50-52-54-56-58-60-62-64-66-68-70-72-74-81(84)90-79(78-89-91(85,86)88-76-75-82(3,4)5)77-87-80(83)73-71-69-67-65-63-61-59-57-55-53-51-49-33-31-29-27-25-23-21-19-17-15-13-11-9-7-2/h8,10,14,16,20,22,26,28,32,34,36-37,39-40,42-43,79H,6-7,9,11-13,15,17-19,21,23-25,27,29-31,33,35,38,41,44-78H2,1-5H3/b10-8-,16-14-,22-20-,28-26-,34-32-,37-36-,40-39-,43-42-. The second kappa shape index (κ2) is 71.2. The van der Waals surface area contributed by atoms with Gasteiger partial charge in [0.15, 0.2) is 6.10 Å². The summed E-state index contributed by atoms with van der Waals surface area (Å²) in [4.78, 5) is 38.1. The molecule has 0 N–H and O–H groups in total. The lowest BCUT2D eigenvalue weighted by Gasteiger charge is -2.28. The fraction of sp³-hybridized carbons (Fsp3) is 0.778. The minimum atomic E-state index is -4.65. The van der Waals surface area contributed by atoms with E-state index in [0.717, 1.165) is 89.9 Å². The van der Waals surface area contributed by atoms with E-state index in [1.807, 2.05) is 21.1 Å². The van der Waals surface area contributed by atoms with E-state index in [0.29, 0.717) is 17.4 Å². The molecular weight excluding hydrogens is 1150 g/mol. The van der Waals surface area contributed by atoms with Gasteiger partial charge < -0.3 is 27.9 Å². The zero-order valence-corrected chi connectivity index (χ0v) is 61.2. The van der Waals surface area contributed by atoms with Gasteiger partial charge in [0.25, 0.3) is 7.82 Å². The number of nitrogens with zero attached hydrogens (tertiary/aromatic N) is 1. The van der Waals surface area contributed by atoms with Crippen LogP contribution in [0.1, 0.15) is 354 Å². The SMILES string of the molecule is CC/C=C\C/C=C\C/C=C\C/C=C\C/C=C\C/C=C\C/C=C\C/C=C\CCCCCCCCCCCCCCCCCCC(=O)OC(COC(=O)CCCCCCCCCCCCCCCCCCCCCCCCCCCC)COP(=O)([O-])OCC[N+](C)(C)C. The molecule has 0 radical (unpaired) electrons. The van der Waals surface area contributed by atoms with E-state index < -0.39 is 26.5 Å². The Kier molecular flexibility index (Phi) is 68.8. The van der Waals surface area contributed by atoms with Crippen molar-refractivity contribution < 1.29 is 42.1 Å². The molecule has 0 heterocycles. The van der Waals surface area contributed by atoms with Crippen molar-refractivity contribution in [3.05, 3.63) is 97.2 Å². The molecule has 2 unspecified atom stereocenters. The van der Waals surface area contributed by atoms with Gasteiger partial charge in [-0.3, -0.25) is 14.2 Å². The summed E-state index contributed by atoms with van der Waals surface area (Å²) in [6.07, 6.45) is 99.4. The molecule has 10 heteroatoms. The van der Waals surface area contributed by atoms with Gasteiger partial charge >= 0.3 is 11.9 Å². The number of carbonyl (C=O) groups excluding carboxylic acids is 2. The molecule has 0 spiro atoms. The van der Waals surface area contributed by atoms with Crippen LogP contribution in [0.15, 0.2) is 97.2 Å². The molecule has 0 aliphatic carbocycles. The summed E-state index contributed by atoms with van der Waals surface area (Å²) in [6.45, 7) is 4.18. The Bertz CT molecular complexity index is 1860. The van der Waals surface area contributed by atoms with Crippen LogP contribution in [-0.4, -0.2) is 70.0 Å². The number of ether oxygens (including phenoxy) is 2. The number of carbonyl (C=O) groups is 2. The van der Waals surface area contributed by atoms with E-state index in [9.17, 15) is 19.0 Å². The molecule has 0 bridgehead atoms. The third kappa shape index (κ3) is 75.8. The molecule has 0 aromatic rings. The molecule has 0 aromatic carbocycles. The molecule has 9 nitrogen and oxygen atoms in total. The Hall–Kier alpha value is -3.07. The first-order valence-corrected chi connectivity index (χ1v) is 39.9. The lowest BCUT2D eigenvalue weighted by molar-refractivity contribution is -0.870. The van der Waals surface area contributed by atoms with Crippen molar-refractivity contribution in [1.29, 1.82) is 0 Å². The molecule has 0 saturated heterocycles. The number of hydrogen-bond acceptors (Lipinski definition) is 8. The van der Waals surface area contributed by atoms with Crippen molar-refractivity contribution in [1.82, 2.24) is 0 Å². The number of quaternary nitrogens is 1. The summed E-state index contributed by atoms with van der Waals surface area (Å²) in [6, 6.07) is 0. The van der Waals surface area contributed by atoms with Crippen LogP contribution in [0.5, 0.6) is 0 Å². The molecule has 0 aliphatic rings. The Labute approximate surface area is 564 Å². The average molecular weight is 1290 g/mol. The number of allylic oxidation sites excluding steroid dienone is 16. The summed E-state index contributed by atoms with van der Waals surface area (Å²) in [5, 5.41) is 0. The quantitative estimate of drug-likeness (QED) is 0.0195. The molecule has 0 saturated carbocycles. The highest BCUT2D eigenvalue weighted by atomic mass is 31.2. The van der Waals surface area contributed by atoms with Crippen LogP contribution in [0.3, 0.4) is 0 Å². The number of unbranched alkanes of at least 4 members (excludes halogenated alkanes) is 41. The van der Waals surface area contributed by atoms with Gasteiger partial charge in [-0.25, -0.2) is 0 Å². The van der Waals surface area contributed by atoms with Gasteiger partial charge in [-0.15, -0.1) is 0 Å². The molecule has 528 valence electrons. The van der Waals surface area contributed by atoms with Gasteiger partial charge in [0.2, 0.25) is 0 Å². The number of phosphoric acid groups is 1. The van der Waals surface area contributed by atoms with Crippen molar-refractivity contribution in [3.8, 4) is 0 Å². The minimum absolute atomic E-state index is 0.0308. The maximum Gasteiger partial charge on any atom is 0.306 e. The maximum absolute atomic E-state index is 12.9. The molecule has 0 rings (SSSR count). The molecule has 0 amide bonds. The van der Waals surface area contributed by atoms with Crippen LogP contribution in [0, 0.1) is 0 Å². The number of phosphoric ester groups is 1. The van der Waals surface area contributed by atoms with Crippen LogP contribution in [0.25, 0.3) is 0 Å². The van der Waals surface area contributed by atoms with Crippen molar-refractivity contribution >= 4 is 19.8 Å². The van der Waals surface area contributed by atoms with Crippen LogP contribution in [-0.2, 0) is 32.7 Å². The van der Waals surface area contributed by atoms with E-state index in [2.05, 4.69) is 111 Å². The lowest BCUT2D eigenvalue weighted by Crippen LogP contribution is -2.37. The first-order valence-electron chi connectivity index (χ1n) is 38.4. The third-order valence-corrected chi connectivity index (χ3v) is 17.8. The maximum atomic E-state index is 12.9. The van der Waals surface area contributed by atoms with Crippen molar-refractivity contribution in [2.24, 2.45) is 0 Å². The predicted molar refractivity (Wildman–Crippen MR) is 392 cm³/mol. The highest BCUT2D eigenvalue weighted by Gasteiger charge is 2.22. The zero-order chi connectivity index (χ0) is 66.2. The zero-order valence-electron chi connectivity index (χ0n) is 60.3. The Morgan fingerprint density at radius 2 is 0.626 bits per heavy atom. The van der Waals surface area contributed by atoms with Crippen LogP contribution >= 0.6 is 7.82 Å². The molecule has 0 fully saturated rings. The van der Waals surface area contributed by atoms with Crippen molar-refractivity contribution in [2.75, 3.05) is 47.5 Å². The van der Waals surface area contributed by atoms with Crippen molar-refractivity contribution in [2.45, 2.75) is 360 Å². The summed E-state index contributed by atoms with van der Waals surface area (Å²) in [7, 11) is 1.18. The third-order valence-electron chi connectivity index (χ3n) is 16.9. The van der Waals surface area contributed by atoms with Gasteiger partial charge in [-0.1, -0.05) is 361 Å². The second-order valence-corrected chi connectivity index (χ2v) is 28.4. The van der Waals surface area contributed by atoms with E-state index in [1.54, 1.807) is 0 Å². The Morgan fingerprint density at radius 1 is 0.352 bits per heavy atom. The van der Waals surface area contributed by atoms with Crippen molar-refractivity contribution in [3.63, 3.8) is 0 Å². The number of hydrogen-bond donors (Lipinski definition) is 0. The molecular formula is C81H146NO8P. The molecule has 2 atom stereocenters. The Balaban J connectivity index is 3.97. The van der Waals surface area contributed by atoms with Crippen LogP contribution < -0.4 is 4.89 Å². The highest BCUT2D eigenvalue weighted by Crippen LogP contribution is 2.38. The highest BCUT2D eigenvalue weighted by molar-refractivity contribution is 7.45. The number of likely N-dealkylation sites (N-methyl/N-ethyl adjacent to an activating group) is 1. The summed E-state index contributed by atoms with van der Waals surface area (Å²) in [5.41, 5.74) is 0. The Morgan fingerprint density at radius 3 is 0.934 bits per heavy atom. The minimum Gasteiger partial charge on any atom is -0.756 e. The monoisotopic (exact) mass is 1290 g/mol. The van der Waals surface area contributed by atoms with Gasteiger partial charge in [0, 0.05) is 12.8 Å². The lowest BCUT2D eigenvalue weighted by atomic mass is 10.0. The van der Waals surface area contributed by atoms with E-state index >= 15 is 0 Å². The first-order chi connectivity index (χ1) is 44.5. The van der Waals surface area contributed by atoms with Gasteiger partial charge in [0.1, 0.15) is 19.8 Å². The summed E-state index contributed by atoms with van der Waals surface area (Å²) in [5.74, 6) is -0.817. The van der Waals surface area contributed by atoms with Crippen LogP contribution in [0.2, 0.25) is 0 Å². The number of rotatable bonds is 71. The smallest absolute Gasteiger partial charge is 0.306 e. The first kappa shape index (κ1) is 87.9. The average Bonchev–Trinajstić information content (AvgIpc) is 3.69. The topological polar surface area (TPSA) is 111 Å². The molecule has 0 aromatic heterocycles. The summed E-state index contributed by atoms with van der Waals surface area (Å²) >= 11 is 0. The van der Waals surface area contributed by atoms with Gasteiger partial charge in [-0.2, -0.15) is 0 Å². The summed E-state index contributed by atoms with van der Waals surface area (Å²) < 4.78 is 34.4. The normalized spacial score (nSPS) is 13.6.